The van der Waals surface area contributed by atoms with E-state index in [0.717, 1.165) is 49.8 Å². The van der Waals surface area contributed by atoms with Gasteiger partial charge >= 0.3 is 0 Å². The predicted octanol–water partition coefficient (Wildman–Crippen LogP) is 11.8. The highest BCUT2D eigenvalue weighted by molar-refractivity contribution is 7.99. The van der Waals surface area contributed by atoms with Crippen LogP contribution in [0.5, 0.6) is 0 Å². The molecule has 0 spiro atoms. The highest BCUT2D eigenvalue weighted by atomic mass is 32.2. The fraction of sp³-hybridized carbons (Fsp3) is 0. The predicted molar refractivity (Wildman–Crippen MR) is 195 cm³/mol. The number of hydrogen-bond donors (Lipinski definition) is 0. The van der Waals surface area contributed by atoms with Crippen LogP contribution < -0.4 is 9.80 Å². The summed E-state index contributed by atoms with van der Waals surface area (Å²) >= 11 is 1.81. The molecule has 2 aliphatic heterocycles. The number of para-hydroxylation sites is 3. The Morgan fingerprint density at radius 3 is 2.06 bits per heavy atom. The molecule has 0 amide bonds. The number of fused-ring (bicyclic) bond motifs is 5. The quantitative estimate of drug-likeness (QED) is 0.197. The molecule has 2 aliphatic rings. The van der Waals surface area contributed by atoms with E-state index in [2.05, 4.69) is 161 Å². The maximum atomic E-state index is 5.34. The third-order valence-electron chi connectivity index (χ3n) is 9.15. The molecule has 0 aliphatic carbocycles. The van der Waals surface area contributed by atoms with Crippen molar-refractivity contribution in [2.75, 3.05) is 9.80 Å². The Hall–Kier alpha value is -5.91. The Labute approximate surface area is 276 Å². The number of anilines is 6. The molecular formula is C42H26N4S. The van der Waals surface area contributed by atoms with Crippen molar-refractivity contribution in [3.63, 3.8) is 0 Å². The third-order valence-corrected chi connectivity index (χ3v) is 10.3. The molecule has 0 saturated carbocycles. The SMILES string of the molecule is c1ccc(-c2nc(N3c4ccccc4Sc4cc5c(cc43)-c3cccc4cccc(c34)N5c3ccccc3)nc3ccccc23)cc1. The van der Waals surface area contributed by atoms with Crippen molar-refractivity contribution in [3.8, 4) is 22.4 Å². The minimum absolute atomic E-state index is 0.658. The molecule has 0 fully saturated rings. The molecule has 0 atom stereocenters. The first-order valence-corrected chi connectivity index (χ1v) is 16.6. The molecule has 0 N–H and O–H groups in total. The van der Waals surface area contributed by atoms with Crippen molar-refractivity contribution in [1.29, 1.82) is 0 Å². The van der Waals surface area contributed by atoms with Gasteiger partial charge in [-0.1, -0.05) is 121 Å². The van der Waals surface area contributed by atoms with Crippen molar-refractivity contribution in [2.45, 2.75) is 9.79 Å². The summed E-state index contributed by atoms with van der Waals surface area (Å²) in [5.41, 5.74) is 11.0. The summed E-state index contributed by atoms with van der Waals surface area (Å²) in [6.45, 7) is 0. The van der Waals surface area contributed by atoms with Gasteiger partial charge in [-0.25, -0.2) is 9.97 Å². The van der Waals surface area contributed by atoms with Crippen molar-refractivity contribution < 1.29 is 0 Å². The molecule has 0 bridgehead atoms. The Bertz CT molecular complexity index is 2510. The normalized spacial score (nSPS) is 12.9. The van der Waals surface area contributed by atoms with E-state index in [0.29, 0.717) is 5.95 Å². The first kappa shape index (κ1) is 26.3. The first-order chi connectivity index (χ1) is 23.3. The summed E-state index contributed by atoms with van der Waals surface area (Å²) < 4.78 is 0. The Morgan fingerprint density at radius 1 is 0.468 bits per heavy atom. The van der Waals surface area contributed by atoms with Crippen LogP contribution in [-0.4, -0.2) is 9.97 Å². The van der Waals surface area contributed by atoms with Gasteiger partial charge in [0.2, 0.25) is 5.95 Å². The van der Waals surface area contributed by atoms with E-state index in [1.165, 1.54) is 32.5 Å². The second-order valence-electron chi connectivity index (χ2n) is 11.8. The summed E-state index contributed by atoms with van der Waals surface area (Å²) in [5.74, 6) is 0.658. The molecule has 0 unspecified atom stereocenters. The van der Waals surface area contributed by atoms with E-state index in [9.17, 15) is 0 Å². The van der Waals surface area contributed by atoms with E-state index >= 15 is 0 Å². The molecule has 3 heterocycles. The second-order valence-corrected chi connectivity index (χ2v) is 12.9. The van der Waals surface area contributed by atoms with Crippen LogP contribution in [0.3, 0.4) is 0 Å². The lowest BCUT2D eigenvalue weighted by molar-refractivity contribution is 1.06. The van der Waals surface area contributed by atoms with Gasteiger partial charge in [0, 0.05) is 37.4 Å². The van der Waals surface area contributed by atoms with Crippen LogP contribution in [0, 0.1) is 0 Å². The van der Waals surface area contributed by atoms with Crippen LogP contribution in [0.4, 0.5) is 34.4 Å². The smallest absolute Gasteiger partial charge is 0.235 e. The van der Waals surface area contributed by atoms with Gasteiger partial charge in [-0.3, -0.25) is 4.90 Å². The highest BCUT2D eigenvalue weighted by Gasteiger charge is 2.33. The molecule has 7 aromatic carbocycles. The van der Waals surface area contributed by atoms with Gasteiger partial charge < -0.3 is 4.90 Å². The van der Waals surface area contributed by atoms with Crippen LogP contribution in [-0.2, 0) is 0 Å². The maximum Gasteiger partial charge on any atom is 0.235 e. The average Bonchev–Trinajstić information content (AvgIpc) is 3.14. The van der Waals surface area contributed by atoms with Crippen LogP contribution in [0.15, 0.2) is 168 Å². The lowest BCUT2D eigenvalue weighted by atomic mass is 9.90. The van der Waals surface area contributed by atoms with Gasteiger partial charge in [0.15, 0.2) is 0 Å². The summed E-state index contributed by atoms with van der Waals surface area (Å²) in [6.07, 6.45) is 0. The van der Waals surface area contributed by atoms with Gasteiger partial charge in [0.25, 0.3) is 0 Å². The summed E-state index contributed by atoms with van der Waals surface area (Å²) in [6, 6.07) is 56.0. The lowest BCUT2D eigenvalue weighted by Crippen LogP contribution is -2.20. The number of hydrogen-bond acceptors (Lipinski definition) is 5. The molecule has 8 aromatic rings. The molecule has 0 saturated heterocycles. The summed E-state index contributed by atoms with van der Waals surface area (Å²) in [5, 5.41) is 3.52. The topological polar surface area (TPSA) is 32.3 Å². The van der Waals surface area contributed by atoms with E-state index in [-0.39, 0.29) is 0 Å². The van der Waals surface area contributed by atoms with Gasteiger partial charge in [0.1, 0.15) is 0 Å². The lowest BCUT2D eigenvalue weighted by Gasteiger charge is -2.37. The van der Waals surface area contributed by atoms with Crippen LogP contribution in [0.1, 0.15) is 0 Å². The van der Waals surface area contributed by atoms with Gasteiger partial charge in [0.05, 0.1) is 34.0 Å². The first-order valence-electron chi connectivity index (χ1n) is 15.8. The minimum Gasteiger partial charge on any atom is -0.309 e. The average molecular weight is 619 g/mol. The van der Waals surface area contributed by atoms with Gasteiger partial charge in [-0.2, -0.15) is 0 Å². The Balaban J connectivity index is 1.27. The maximum absolute atomic E-state index is 5.34. The van der Waals surface area contributed by atoms with E-state index in [1.54, 1.807) is 11.8 Å². The van der Waals surface area contributed by atoms with Gasteiger partial charge in [-0.05, 0) is 59.5 Å². The fourth-order valence-electron chi connectivity index (χ4n) is 7.10. The van der Waals surface area contributed by atoms with Crippen LogP contribution >= 0.6 is 11.8 Å². The van der Waals surface area contributed by atoms with Crippen molar-refractivity contribution in [3.05, 3.63) is 158 Å². The molecule has 4 nitrogen and oxygen atoms in total. The van der Waals surface area contributed by atoms with E-state index < -0.39 is 0 Å². The standard InChI is InChI=1S/C42H26N4S/c1-3-13-28(14-4-1)41-31-19-7-8-21-33(31)43-42(44-41)46-34-22-9-10-24-38(34)47-39-26-36-32(25-37(39)46)30-20-11-15-27-16-12-23-35(40(27)30)45(36)29-17-5-2-6-18-29/h1-26H. The third kappa shape index (κ3) is 4.03. The molecule has 47 heavy (non-hydrogen) atoms. The van der Waals surface area contributed by atoms with Crippen molar-refractivity contribution in [2.24, 2.45) is 0 Å². The van der Waals surface area contributed by atoms with Crippen molar-refractivity contribution in [1.82, 2.24) is 9.97 Å². The Kier molecular flexibility index (Phi) is 5.77. The van der Waals surface area contributed by atoms with Gasteiger partial charge in [-0.15, -0.1) is 0 Å². The zero-order chi connectivity index (χ0) is 30.9. The summed E-state index contributed by atoms with van der Waals surface area (Å²) in [4.78, 5) is 17.6. The van der Waals surface area contributed by atoms with E-state index in [1.807, 2.05) is 6.07 Å². The molecule has 10 rings (SSSR count). The zero-order valence-electron chi connectivity index (χ0n) is 25.2. The largest absolute Gasteiger partial charge is 0.309 e. The highest BCUT2D eigenvalue weighted by Crippen LogP contribution is 2.58. The van der Waals surface area contributed by atoms with Crippen LogP contribution in [0.25, 0.3) is 44.1 Å². The monoisotopic (exact) mass is 618 g/mol. The summed E-state index contributed by atoms with van der Waals surface area (Å²) in [7, 11) is 0. The number of benzene rings is 7. The van der Waals surface area contributed by atoms with Crippen molar-refractivity contribution >= 4 is 67.8 Å². The Morgan fingerprint density at radius 2 is 1.19 bits per heavy atom. The van der Waals surface area contributed by atoms with Crippen LogP contribution in [0.2, 0.25) is 0 Å². The fourth-order valence-corrected chi connectivity index (χ4v) is 8.18. The number of aromatic nitrogens is 2. The second kappa shape index (κ2) is 10.3. The van der Waals surface area contributed by atoms with E-state index in [4.69, 9.17) is 9.97 Å². The molecular weight excluding hydrogens is 593 g/mol. The minimum atomic E-state index is 0.658. The number of nitrogens with zero attached hydrogens (tertiary/aromatic N) is 4. The molecule has 1 aromatic heterocycles. The molecule has 220 valence electrons. The molecule has 0 radical (unpaired) electrons. The number of rotatable bonds is 3. The zero-order valence-corrected chi connectivity index (χ0v) is 26.0. The molecule has 5 heteroatoms.